The molecule has 2 aromatic rings. The number of urea groups is 1. The summed E-state index contributed by atoms with van der Waals surface area (Å²) in [6, 6.07) is 8.31. The number of aromatic amines is 1. The Morgan fingerprint density at radius 3 is 2.54 bits per heavy atom. The molecule has 28 heavy (non-hydrogen) atoms. The van der Waals surface area contributed by atoms with E-state index in [0.717, 1.165) is 35.0 Å². The molecule has 2 aliphatic heterocycles. The maximum atomic E-state index is 12.6. The monoisotopic (exact) mass is 384 g/mol. The molecule has 1 aromatic heterocycles. The van der Waals surface area contributed by atoms with Crippen LogP contribution in [0.5, 0.6) is 0 Å². The third kappa shape index (κ3) is 3.99. The lowest BCUT2D eigenvalue weighted by Gasteiger charge is -2.37. The Hall–Kier alpha value is -2.54. The molecular weight excluding hydrogens is 356 g/mol. The van der Waals surface area contributed by atoms with Crippen molar-refractivity contribution in [3.63, 3.8) is 0 Å². The van der Waals surface area contributed by atoms with Crippen molar-refractivity contribution in [2.24, 2.45) is 0 Å². The molecule has 2 N–H and O–H groups in total. The zero-order chi connectivity index (χ0) is 19.5. The van der Waals surface area contributed by atoms with Crippen LogP contribution in [0.4, 0.5) is 4.79 Å². The van der Waals surface area contributed by atoms with E-state index in [9.17, 15) is 9.59 Å². The molecule has 2 fully saturated rings. The predicted octanol–water partition coefficient (Wildman–Crippen LogP) is 2.05. The fraction of sp³-hybridized carbons (Fsp3) is 0.524. The van der Waals surface area contributed by atoms with Gasteiger partial charge in [0, 0.05) is 48.8 Å². The van der Waals surface area contributed by atoms with Crippen LogP contribution in [-0.4, -0.2) is 72.2 Å². The molecule has 0 bridgehead atoms. The Bertz CT molecular complexity index is 848. The molecule has 0 unspecified atom stereocenters. The Labute approximate surface area is 165 Å². The van der Waals surface area contributed by atoms with Crippen LogP contribution in [0.1, 0.15) is 24.1 Å². The Balaban J connectivity index is 1.29. The molecule has 3 heterocycles. The van der Waals surface area contributed by atoms with E-state index in [0.29, 0.717) is 45.8 Å². The number of carbonyl (C=O) groups is 2. The van der Waals surface area contributed by atoms with Crippen LogP contribution in [0, 0.1) is 6.92 Å². The molecule has 0 aliphatic carbocycles. The van der Waals surface area contributed by atoms with E-state index >= 15 is 0 Å². The second kappa shape index (κ2) is 8.22. The van der Waals surface area contributed by atoms with E-state index in [2.05, 4.69) is 16.4 Å². The van der Waals surface area contributed by atoms with Gasteiger partial charge in [-0.05, 0) is 31.4 Å². The van der Waals surface area contributed by atoms with Crippen LogP contribution in [0.3, 0.4) is 0 Å². The number of fused-ring (bicyclic) bond motifs is 1. The summed E-state index contributed by atoms with van der Waals surface area (Å²) in [5, 5.41) is 4.28. The van der Waals surface area contributed by atoms with E-state index in [-0.39, 0.29) is 18.0 Å². The highest BCUT2D eigenvalue weighted by Gasteiger charge is 2.28. The van der Waals surface area contributed by atoms with Crippen molar-refractivity contribution in [2.75, 3.05) is 39.4 Å². The van der Waals surface area contributed by atoms with Crippen LogP contribution >= 0.6 is 0 Å². The zero-order valence-corrected chi connectivity index (χ0v) is 16.4. The molecule has 1 aromatic carbocycles. The minimum atomic E-state index is 0.0470. The molecule has 0 spiro atoms. The number of hydrogen-bond acceptors (Lipinski definition) is 3. The summed E-state index contributed by atoms with van der Waals surface area (Å²) in [5.74, 6) is 0.0470. The Morgan fingerprint density at radius 1 is 1.11 bits per heavy atom. The number of aromatic nitrogens is 1. The van der Waals surface area contributed by atoms with Crippen molar-refractivity contribution in [2.45, 2.75) is 32.2 Å². The minimum absolute atomic E-state index is 0.0470. The van der Waals surface area contributed by atoms with Gasteiger partial charge >= 0.3 is 6.03 Å². The van der Waals surface area contributed by atoms with Gasteiger partial charge in [0.25, 0.3) is 0 Å². The lowest BCUT2D eigenvalue weighted by atomic mass is 10.0. The third-order valence-electron chi connectivity index (χ3n) is 5.78. The smallest absolute Gasteiger partial charge is 0.320 e. The Morgan fingerprint density at radius 2 is 1.79 bits per heavy atom. The molecule has 7 nitrogen and oxygen atoms in total. The highest BCUT2D eigenvalue weighted by Crippen LogP contribution is 2.22. The van der Waals surface area contributed by atoms with Crippen LogP contribution in [0.25, 0.3) is 10.9 Å². The van der Waals surface area contributed by atoms with Gasteiger partial charge in [-0.1, -0.05) is 18.2 Å². The van der Waals surface area contributed by atoms with E-state index < -0.39 is 0 Å². The van der Waals surface area contributed by atoms with Gasteiger partial charge in [0.15, 0.2) is 0 Å². The van der Waals surface area contributed by atoms with Gasteiger partial charge in [-0.25, -0.2) is 4.79 Å². The lowest BCUT2D eigenvalue weighted by molar-refractivity contribution is -0.121. The number of hydrogen-bond donors (Lipinski definition) is 2. The van der Waals surface area contributed by atoms with Crippen LogP contribution in [0.15, 0.2) is 24.3 Å². The minimum Gasteiger partial charge on any atom is -0.378 e. The maximum Gasteiger partial charge on any atom is 0.320 e. The van der Waals surface area contributed by atoms with E-state index in [1.807, 2.05) is 34.9 Å². The summed E-state index contributed by atoms with van der Waals surface area (Å²) < 4.78 is 5.31. The van der Waals surface area contributed by atoms with E-state index in [1.54, 1.807) is 0 Å². The van der Waals surface area contributed by atoms with Crippen molar-refractivity contribution in [1.82, 2.24) is 20.1 Å². The molecule has 4 rings (SSSR count). The number of H-pyrrole nitrogens is 1. The SMILES string of the molecule is Cc1[nH]c2ccccc2c1CC(=O)NC1CCN(C(=O)N2CCOCC2)CC1. The number of amides is 3. The lowest BCUT2D eigenvalue weighted by Crippen LogP contribution is -2.53. The number of piperidine rings is 1. The summed E-state index contributed by atoms with van der Waals surface area (Å²) in [4.78, 5) is 32.3. The predicted molar refractivity (Wildman–Crippen MR) is 107 cm³/mol. The van der Waals surface area contributed by atoms with Gasteiger partial charge in [0.1, 0.15) is 0 Å². The van der Waals surface area contributed by atoms with Gasteiger partial charge in [-0.15, -0.1) is 0 Å². The topological polar surface area (TPSA) is 77.7 Å². The van der Waals surface area contributed by atoms with Crippen LogP contribution < -0.4 is 5.32 Å². The number of nitrogens with zero attached hydrogens (tertiary/aromatic N) is 2. The van der Waals surface area contributed by atoms with E-state index in [1.165, 1.54) is 0 Å². The first-order valence-corrected chi connectivity index (χ1v) is 10.1. The number of ether oxygens (including phenoxy) is 1. The van der Waals surface area contributed by atoms with Gasteiger partial charge in [-0.2, -0.15) is 0 Å². The first-order chi connectivity index (χ1) is 13.6. The highest BCUT2D eigenvalue weighted by molar-refractivity contribution is 5.90. The van der Waals surface area contributed by atoms with Crippen LogP contribution in [0.2, 0.25) is 0 Å². The first-order valence-electron chi connectivity index (χ1n) is 10.1. The fourth-order valence-electron chi connectivity index (χ4n) is 4.17. The largest absolute Gasteiger partial charge is 0.378 e. The van der Waals surface area contributed by atoms with Gasteiger partial charge in [0.05, 0.1) is 19.6 Å². The van der Waals surface area contributed by atoms with Crippen molar-refractivity contribution in [3.8, 4) is 0 Å². The summed E-state index contributed by atoms with van der Waals surface area (Å²) in [5.41, 5.74) is 3.17. The fourth-order valence-corrected chi connectivity index (χ4v) is 4.17. The number of carbonyl (C=O) groups excluding carboxylic acids is 2. The van der Waals surface area contributed by atoms with Gasteiger partial charge in [0.2, 0.25) is 5.91 Å². The average Bonchev–Trinajstić information content (AvgIpc) is 3.04. The Kier molecular flexibility index (Phi) is 5.52. The van der Waals surface area contributed by atoms with Crippen molar-refractivity contribution in [3.05, 3.63) is 35.5 Å². The maximum absolute atomic E-state index is 12.6. The number of morpholine rings is 1. The zero-order valence-electron chi connectivity index (χ0n) is 16.4. The van der Waals surface area contributed by atoms with E-state index in [4.69, 9.17) is 4.74 Å². The molecule has 0 saturated carbocycles. The van der Waals surface area contributed by atoms with Crippen molar-refractivity contribution in [1.29, 1.82) is 0 Å². The van der Waals surface area contributed by atoms with Crippen LogP contribution in [-0.2, 0) is 16.0 Å². The molecule has 150 valence electrons. The summed E-state index contributed by atoms with van der Waals surface area (Å²) in [7, 11) is 0. The summed E-state index contributed by atoms with van der Waals surface area (Å²) in [6.45, 7) is 5.95. The number of aryl methyl sites for hydroxylation is 1. The molecule has 2 aliphatic rings. The number of rotatable bonds is 3. The quantitative estimate of drug-likeness (QED) is 0.850. The summed E-state index contributed by atoms with van der Waals surface area (Å²) in [6.07, 6.45) is 1.98. The van der Waals surface area contributed by atoms with Crippen molar-refractivity contribution >= 4 is 22.8 Å². The highest BCUT2D eigenvalue weighted by atomic mass is 16.5. The first kappa shape index (κ1) is 18.8. The second-order valence-electron chi connectivity index (χ2n) is 7.66. The number of para-hydroxylation sites is 1. The molecule has 0 atom stereocenters. The van der Waals surface area contributed by atoms with Gasteiger partial charge in [-0.3, -0.25) is 4.79 Å². The van der Waals surface area contributed by atoms with Crippen molar-refractivity contribution < 1.29 is 14.3 Å². The molecule has 0 radical (unpaired) electrons. The second-order valence-corrected chi connectivity index (χ2v) is 7.66. The molecule has 7 heteroatoms. The third-order valence-corrected chi connectivity index (χ3v) is 5.78. The summed E-state index contributed by atoms with van der Waals surface area (Å²) >= 11 is 0. The molecule has 2 saturated heterocycles. The average molecular weight is 384 g/mol. The number of likely N-dealkylation sites (tertiary alicyclic amines) is 1. The molecule has 3 amide bonds. The standard InChI is InChI=1S/C21H28N4O3/c1-15-18(17-4-2-3-5-19(17)22-15)14-20(26)23-16-6-8-24(9-7-16)21(27)25-10-12-28-13-11-25/h2-5,16,22H,6-14H2,1H3,(H,23,26). The number of benzene rings is 1. The van der Waals surface area contributed by atoms with Gasteiger partial charge < -0.3 is 24.8 Å². The molecular formula is C21H28N4O3. The number of nitrogens with one attached hydrogen (secondary N) is 2. The normalized spacial score (nSPS) is 18.5.